The number of aromatic nitrogens is 3. The van der Waals surface area contributed by atoms with Gasteiger partial charge < -0.3 is 10.5 Å². The molecule has 0 fully saturated rings. The number of ether oxygens (including phenoxy) is 1. The number of hydrogen-bond acceptors (Lipinski definition) is 4. The molecule has 3 rings (SSSR count). The Labute approximate surface area is 145 Å². The summed E-state index contributed by atoms with van der Waals surface area (Å²) in [6.45, 7) is -0.0322. The molecule has 0 radical (unpaired) electrons. The van der Waals surface area contributed by atoms with Crippen molar-refractivity contribution in [1.29, 1.82) is 0 Å². The Kier molecular flexibility index (Phi) is 4.62. The maximum absolute atomic E-state index is 13.3. The fourth-order valence-electron chi connectivity index (χ4n) is 2.19. The van der Waals surface area contributed by atoms with Crippen LogP contribution < -0.4 is 10.5 Å². The van der Waals surface area contributed by atoms with Crippen molar-refractivity contribution in [2.24, 2.45) is 5.73 Å². The Morgan fingerprint density at radius 2 is 1.96 bits per heavy atom. The number of nitrogens with one attached hydrogen (secondary N) is 1. The molecule has 0 spiro atoms. The zero-order chi connectivity index (χ0) is 18.0. The lowest BCUT2D eigenvalue weighted by atomic mass is 10.1. The monoisotopic (exact) mass is 364 g/mol. The van der Waals surface area contributed by atoms with Crippen molar-refractivity contribution in [2.45, 2.75) is 6.61 Å². The summed E-state index contributed by atoms with van der Waals surface area (Å²) in [7, 11) is 0. The summed E-state index contributed by atoms with van der Waals surface area (Å²) in [5, 5.41) is 10.3. The average Bonchev–Trinajstić information content (AvgIpc) is 3.06. The van der Waals surface area contributed by atoms with E-state index >= 15 is 0 Å². The molecule has 1 heterocycles. The normalized spacial score (nSPS) is 10.7. The van der Waals surface area contributed by atoms with E-state index in [1.165, 1.54) is 12.1 Å². The van der Waals surface area contributed by atoms with Crippen molar-refractivity contribution in [1.82, 2.24) is 15.4 Å². The van der Waals surface area contributed by atoms with Gasteiger partial charge in [-0.25, -0.2) is 8.78 Å². The Morgan fingerprint density at radius 3 is 2.68 bits per heavy atom. The number of nitrogens with zero attached hydrogens (tertiary/aromatic N) is 2. The van der Waals surface area contributed by atoms with E-state index in [0.717, 1.165) is 12.1 Å². The van der Waals surface area contributed by atoms with Gasteiger partial charge in [-0.2, -0.15) is 15.4 Å². The molecule has 0 saturated carbocycles. The third kappa shape index (κ3) is 3.58. The van der Waals surface area contributed by atoms with Gasteiger partial charge in [-0.1, -0.05) is 17.7 Å². The van der Waals surface area contributed by atoms with Crippen molar-refractivity contribution >= 4 is 17.5 Å². The molecule has 0 aliphatic heterocycles. The van der Waals surface area contributed by atoms with Crippen molar-refractivity contribution in [3.8, 4) is 17.0 Å². The van der Waals surface area contributed by atoms with Gasteiger partial charge in [0.2, 0.25) is 0 Å². The summed E-state index contributed by atoms with van der Waals surface area (Å²) in [6.07, 6.45) is 0. The first-order valence-electron chi connectivity index (χ1n) is 7.03. The van der Waals surface area contributed by atoms with Crippen LogP contribution in [0.1, 0.15) is 16.1 Å². The predicted octanol–water partition coefficient (Wildman–Crippen LogP) is 3.08. The number of benzene rings is 2. The summed E-state index contributed by atoms with van der Waals surface area (Å²) in [4.78, 5) is 11.4. The highest BCUT2D eigenvalue weighted by Crippen LogP contribution is 2.33. The number of primary amides is 1. The highest BCUT2D eigenvalue weighted by Gasteiger charge is 2.19. The molecule has 0 aliphatic rings. The minimum absolute atomic E-state index is 0.0322. The van der Waals surface area contributed by atoms with Gasteiger partial charge in [-0.3, -0.25) is 4.79 Å². The van der Waals surface area contributed by atoms with Crippen LogP contribution in [0.4, 0.5) is 8.78 Å². The Bertz CT molecular complexity index is 946. The predicted molar refractivity (Wildman–Crippen MR) is 86.0 cm³/mol. The maximum atomic E-state index is 13.3. The second-order valence-corrected chi connectivity index (χ2v) is 5.50. The summed E-state index contributed by atoms with van der Waals surface area (Å²) >= 11 is 6.00. The first-order chi connectivity index (χ1) is 12.0. The first kappa shape index (κ1) is 16.8. The van der Waals surface area contributed by atoms with E-state index in [4.69, 9.17) is 22.1 Å². The molecule has 3 N–H and O–H groups in total. The molecule has 1 amide bonds. The number of carbonyl (C=O) groups is 1. The number of amides is 1. The van der Waals surface area contributed by atoms with Crippen LogP contribution in [-0.2, 0) is 6.61 Å². The van der Waals surface area contributed by atoms with Crippen molar-refractivity contribution in [3.05, 3.63) is 64.3 Å². The lowest BCUT2D eigenvalue weighted by molar-refractivity contribution is 0.0996. The molecule has 3 aromatic rings. The van der Waals surface area contributed by atoms with Gasteiger partial charge in [0.25, 0.3) is 5.91 Å². The van der Waals surface area contributed by atoms with Crippen LogP contribution in [0.25, 0.3) is 11.3 Å². The van der Waals surface area contributed by atoms with Crippen LogP contribution in [0, 0.1) is 11.6 Å². The van der Waals surface area contributed by atoms with Gasteiger partial charge in [0.1, 0.15) is 18.1 Å². The molecule has 1 aromatic heterocycles. The van der Waals surface area contributed by atoms with Gasteiger partial charge in [-0.05, 0) is 35.9 Å². The van der Waals surface area contributed by atoms with Gasteiger partial charge >= 0.3 is 0 Å². The molecular formula is C16H11ClF2N4O2. The minimum atomic E-state index is -0.968. The van der Waals surface area contributed by atoms with E-state index in [9.17, 15) is 13.6 Å². The Morgan fingerprint density at radius 1 is 1.16 bits per heavy atom. The van der Waals surface area contributed by atoms with E-state index < -0.39 is 17.5 Å². The summed E-state index contributed by atoms with van der Waals surface area (Å²) in [5.41, 5.74) is 6.19. The molecule has 0 saturated heterocycles. The van der Waals surface area contributed by atoms with Crippen LogP contribution in [-0.4, -0.2) is 21.3 Å². The fourth-order valence-corrected chi connectivity index (χ4v) is 2.37. The van der Waals surface area contributed by atoms with Crippen LogP contribution in [0.15, 0.2) is 36.4 Å². The van der Waals surface area contributed by atoms with E-state index in [2.05, 4.69) is 15.4 Å². The number of nitrogens with two attached hydrogens (primary N) is 1. The lowest BCUT2D eigenvalue weighted by Gasteiger charge is -2.11. The van der Waals surface area contributed by atoms with Crippen LogP contribution in [0.2, 0.25) is 5.02 Å². The number of rotatable bonds is 5. The van der Waals surface area contributed by atoms with Crippen molar-refractivity contribution in [2.75, 3.05) is 0 Å². The third-order valence-corrected chi connectivity index (χ3v) is 3.59. The lowest BCUT2D eigenvalue weighted by Crippen LogP contribution is -2.13. The van der Waals surface area contributed by atoms with E-state index in [1.54, 1.807) is 12.1 Å². The van der Waals surface area contributed by atoms with Gasteiger partial charge in [-0.15, -0.1) is 0 Å². The average molecular weight is 365 g/mol. The molecular weight excluding hydrogens is 354 g/mol. The largest absolute Gasteiger partial charge is 0.488 e. The molecule has 0 atom stereocenters. The summed E-state index contributed by atoms with van der Waals surface area (Å²) in [6, 6.07) is 8.13. The van der Waals surface area contributed by atoms with Crippen LogP contribution in [0.3, 0.4) is 0 Å². The van der Waals surface area contributed by atoms with Crippen LogP contribution >= 0.6 is 11.6 Å². The fraction of sp³-hybridized carbons (Fsp3) is 0.0625. The summed E-state index contributed by atoms with van der Waals surface area (Å²) < 4.78 is 31.9. The smallest absolute Gasteiger partial charge is 0.271 e. The molecule has 0 aliphatic carbocycles. The molecule has 6 nitrogen and oxygen atoms in total. The van der Waals surface area contributed by atoms with Crippen LogP contribution in [0.5, 0.6) is 5.75 Å². The summed E-state index contributed by atoms with van der Waals surface area (Å²) in [5.74, 6) is -2.35. The third-order valence-electron chi connectivity index (χ3n) is 3.36. The van der Waals surface area contributed by atoms with E-state index in [-0.39, 0.29) is 18.0 Å². The maximum Gasteiger partial charge on any atom is 0.271 e. The first-order valence-corrected chi connectivity index (χ1v) is 7.40. The highest BCUT2D eigenvalue weighted by molar-refractivity contribution is 6.31. The number of hydrogen-bond donors (Lipinski definition) is 2. The number of carbonyl (C=O) groups excluding carboxylic acids is 1. The van der Waals surface area contributed by atoms with Gasteiger partial charge in [0.15, 0.2) is 17.3 Å². The molecule has 9 heteroatoms. The van der Waals surface area contributed by atoms with Crippen molar-refractivity contribution in [3.63, 3.8) is 0 Å². The van der Waals surface area contributed by atoms with E-state index in [0.29, 0.717) is 21.9 Å². The van der Waals surface area contributed by atoms with Gasteiger partial charge in [0.05, 0.1) is 0 Å². The van der Waals surface area contributed by atoms with Crippen molar-refractivity contribution < 1.29 is 18.3 Å². The molecule has 25 heavy (non-hydrogen) atoms. The molecule has 2 aromatic carbocycles. The molecule has 128 valence electrons. The second-order valence-electron chi connectivity index (χ2n) is 5.06. The quantitative estimate of drug-likeness (QED) is 0.727. The SMILES string of the molecule is NC(=O)c1n[nH]nc1-c1cc(Cl)ccc1OCc1ccc(F)c(F)c1. The van der Waals surface area contributed by atoms with E-state index in [1.807, 2.05) is 0 Å². The standard InChI is InChI=1S/C16H11ClF2N4O2/c17-9-2-4-13(25-7-8-1-3-11(18)12(19)5-8)10(6-9)14-15(16(20)24)22-23-21-14/h1-6H,7H2,(H2,20,24)(H,21,22,23). The van der Waals surface area contributed by atoms with Gasteiger partial charge in [0, 0.05) is 10.6 Å². The zero-order valence-electron chi connectivity index (χ0n) is 12.6. The number of halogens is 3. The minimum Gasteiger partial charge on any atom is -0.488 e. The number of H-pyrrole nitrogens is 1. The zero-order valence-corrected chi connectivity index (χ0v) is 13.3. The molecule has 0 unspecified atom stereocenters. The molecule has 0 bridgehead atoms. The number of aromatic amines is 1. The Balaban J connectivity index is 1.93. The topological polar surface area (TPSA) is 93.9 Å². The highest BCUT2D eigenvalue weighted by atomic mass is 35.5. The second kappa shape index (κ2) is 6.86. The Hall–Kier alpha value is -3.00.